The number of halogens is 3. The number of aromatic nitrogens is 1. The molecule has 80 valence electrons. The van der Waals surface area contributed by atoms with Crippen LogP contribution in [0.15, 0.2) is 6.07 Å². The number of nitrogens with zero attached hydrogens (tertiary/aromatic N) is 2. The predicted molar refractivity (Wildman–Crippen MR) is 52.8 cm³/mol. The molecule has 0 radical (unpaired) electrons. The van der Waals surface area contributed by atoms with Gasteiger partial charge in [0.05, 0.1) is 29.4 Å². The molecule has 0 bridgehead atoms. The molecule has 0 aliphatic carbocycles. The van der Waals surface area contributed by atoms with Crippen LogP contribution in [0.1, 0.15) is 23.4 Å². The van der Waals surface area contributed by atoms with Crippen LogP contribution in [-0.2, 0) is 11.8 Å². The van der Waals surface area contributed by atoms with Crippen molar-refractivity contribution in [1.82, 2.24) is 4.98 Å². The van der Waals surface area contributed by atoms with E-state index in [-0.39, 0.29) is 12.1 Å². The zero-order chi connectivity index (χ0) is 11.4. The fourth-order valence-electron chi connectivity index (χ4n) is 1.11. The highest BCUT2D eigenvalue weighted by atomic mass is 79.9. The van der Waals surface area contributed by atoms with Crippen molar-refractivity contribution in [3.05, 3.63) is 23.0 Å². The lowest BCUT2D eigenvalue weighted by Crippen LogP contribution is -1.99. The van der Waals surface area contributed by atoms with E-state index in [0.717, 1.165) is 6.07 Å². The maximum Gasteiger partial charge on any atom is 0.267 e. The molecule has 0 spiro atoms. The Kier molecular flexibility index (Phi) is 3.97. The number of hydrogen-bond donors (Lipinski definition) is 1. The molecule has 0 fully saturated rings. The van der Waals surface area contributed by atoms with E-state index < -0.39 is 17.7 Å². The Morgan fingerprint density at radius 1 is 1.60 bits per heavy atom. The van der Waals surface area contributed by atoms with Crippen LogP contribution in [0.4, 0.5) is 8.78 Å². The van der Waals surface area contributed by atoms with Crippen LogP contribution in [-0.4, -0.2) is 10.1 Å². The maximum atomic E-state index is 12.5. The quantitative estimate of drug-likeness (QED) is 0.864. The van der Waals surface area contributed by atoms with Crippen molar-refractivity contribution in [2.75, 3.05) is 0 Å². The summed E-state index contributed by atoms with van der Waals surface area (Å²) in [5, 5.41) is 18.1. The summed E-state index contributed by atoms with van der Waals surface area (Å²) in [6, 6.07) is 2.88. The Morgan fingerprint density at radius 3 is 2.73 bits per heavy atom. The van der Waals surface area contributed by atoms with E-state index in [1.165, 1.54) is 0 Å². The highest BCUT2D eigenvalue weighted by molar-refractivity contribution is 9.08. The van der Waals surface area contributed by atoms with Crippen molar-refractivity contribution in [1.29, 1.82) is 5.26 Å². The van der Waals surface area contributed by atoms with Crippen LogP contribution in [0.2, 0.25) is 0 Å². The first kappa shape index (κ1) is 11.9. The van der Waals surface area contributed by atoms with Gasteiger partial charge in [-0.05, 0) is 6.07 Å². The zero-order valence-corrected chi connectivity index (χ0v) is 9.13. The zero-order valence-electron chi connectivity index (χ0n) is 7.54. The lowest BCUT2D eigenvalue weighted by molar-refractivity contribution is 0.147. The van der Waals surface area contributed by atoms with Gasteiger partial charge in [0.2, 0.25) is 0 Å². The Bertz CT molecular complexity index is 404. The second-order valence-electron chi connectivity index (χ2n) is 2.77. The molecule has 6 heteroatoms. The van der Waals surface area contributed by atoms with Crippen LogP contribution >= 0.6 is 15.9 Å². The molecule has 0 unspecified atom stereocenters. The van der Waals surface area contributed by atoms with Crippen molar-refractivity contribution < 1.29 is 13.9 Å². The molecule has 1 aromatic rings. The first-order valence-electron chi connectivity index (χ1n) is 4.02. The summed E-state index contributed by atoms with van der Waals surface area (Å²) in [5.41, 5.74) is -0.122. The first-order valence-corrected chi connectivity index (χ1v) is 5.15. The largest absolute Gasteiger partial charge is 0.505 e. The molecule has 15 heavy (non-hydrogen) atoms. The van der Waals surface area contributed by atoms with E-state index in [1.54, 1.807) is 6.07 Å². The molecule has 0 aliphatic heterocycles. The molecule has 0 aliphatic rings. The van der Waals surface area contributed by atoms with Crippen molar-refractivity contribution in [3.8, 4) is 11.8 Å². The molecular formula is C9H7BrF2N2O. The summed E-state index contributed by atoms with van der Waals surface area (Å²) < 4.78 is 25.0. The molecule has 0 atom stereocenters. The smallest absolute Gasteiger partial charge is 0.267 e. The van der Waals surface area contributed by atoms with Gasteiger partial charge in [-0.15, -0.1) is 0 Å². The average molecular weight is 277 g/mol. The topological polar surface area (TPSA) is 56.9 Å². The SMILES string of the molecule is N#CCc1nc(CBr)cc(C(F)F)c1O. The number of hydrogen-bond acceptors (Lipinski definition) is 3. The van der Waals surface area contributed by atoms with E-state index in [1.807, 2.05) is 0 Å². The Hall–Kier alpha value is -1.22. The van der Waals surface area contributed by atoms with Gasteiger partial charge >= 0.3 is 0 Å². The van der Waals surface area contributed by atoms with Gasteiger partial charge in [0.1, 0.15) is 5.75 Å². The monoisotopic (exact) mass is 276 g/mol. The molecule has 0 saturated heterocycles. The van der Waals surface area contributed by atoms with E-state index in [4.69, 9.17) is 5.26 Å². The second kappa shape index (κ2) is 5.03. The van der Waals surface area contributed by atoms with Crippen molar-refractivity contribution in [2.24, 2.45) is 0 Å². The summed E-state index contributed by atoms with van der Waals surface area (Å²) in [6.07, 6.45) is -2.96. The van der Waals surface area contributed by atoms with E-state index in [2.05, 4.69) is 20.9 Å². The Balaban J connectivity index is 3.28. The third kappa shape index (κ3) is 2.63. The Labute approximate surface area is 93.5 Å². The molecule has 0 amide bonds. The molecule has 1 heterocycles. The summed E-state index contributed by atoms with van der Waals surface area (Å²) in [5.74, 6) is -0.587. The van der Waals surface area contributed by atoms with Crippen molar-refractivity contribution >= 4 is 15.9 Å². The Morgan fingerprint density at radius 2 is 2.27 bits per heavy atom. The molecular weight excluding hydrogens is 270 g/mol. The molecule has 0 aromatic carbocycles. The second-order valence-corrected chi connectivity index (χ2v) is 3.33. The van der Waals surface area contributed by atoms with Gasteiger partial charge in [-0.3, -0.25) is 4.98 Å². The summed E-state index contributed by atoms with van der Waals surface area (Å²) in [7, 11) is 0. The van der Waals surface area contributed by atoms with Gasteiger partial charge in [-0.25, -0.2) is 8.78 Å². The van der Waals surface area contributed by atoms with Crippen molar-refractivity contribution in [2.45, 2.75) is 18.2 Å². The van der Waals surface area contributed by atoms with Crippen molar-refractivity contribution in [3.63, 3.8) is 0 Å². The molecule has 1 aromatic heterocycles. The molecule has 0 saturated carbocycles. The number of rotatable bonds is 3. The van der Waals surface area contributed by atoms with Crippen LogP contribution in [0, 0.1) is 11.3 Å². The maximum absolute atomic E-state index is 12.5. The summed E-state index contributed by atoms with van der Waals surface area (Å²) in [4.78, 5) is 3.87. The van der Waals surface area contributed by atoms with E-state index in [0.29, 0.717) is 11.0 Å². The summed E-state index contributed by atoms with van der Waals surface area (Å²) >= 11 is 3.08. The molecule has 1 rings (SSSR count). The normalized spacial score (nSPS) is 10.3. The lowest BCUT2D eigenvalue weighted by atomic mass is 10.1. The standard InChI is InChI=1S/C9H7BrF2N2O/c10-4-5-3-6(9(11)12)8(15)7(14-5)1-2-13/h3,9,15H,1,4H2. The molecule has 3 nitrogen and oxygen atoms in total. The molecule has 1 N–H and O–H groups in total. The third-order valence-electron chi connectivity index (χ3n) is 1.77. The van der Waals surface area contributed by atoms with Gasteiger partial charge in [0, 0.05) is 5.33 Å². The van der Waals surface area contributed by atoms with Crippen LogP contribution in [0.3, 0.4) is 0 Å². The van der Waals surface area contributed by atoms with Gasteiger partial charge in [0.25, 0.3) is 6.43 Å². The number of pyridine rings is 1. The lowest BCUT2D eigenvalue weighted by Gasteiger charge is -2.08. The number of aromatic hydroxyl groups is 1. The fraction of sp³-hybridized carbons (Fsp3) is 0.333. The minimum atomic E-state index is -2.77. The van der Waals surface area contributed by atoms with E-state index in [9.17, 15) is 13.9 Å². The highest BCUT2D eigenvalue weighted by Gasteiger charge is 2.18. The third-order valence-corrected chi connectivity index (χ3v) is 2.34. The minimum absolute atomic E-state index is 0.00949. The average Bonchev–Trinajstić information content (AvgIpc) is 2.21. The number of nitriles is 1. The van der Waals surface area contributed by atoms with Crippen LogP contribution in [0.25, 0.3) is 0 Å². The van der Waals surface area contributed by atoms with E-state index >= 15 is 0 Å². The van der Waals surface area contributed by atoms with Gasteiger partial charge < -0.3 is 5.11 Å². The number of alkyl halides is 3. The van der Waals surface area contributed by atoms with Gasteiger partial charge in [0.15, 0.2) is 0 Å². The van der Waals surface area contributed by atoms with Crippen LogP contribution in [0.5, 0.6) is 5.75 Å². The predicted octanol–water partition coefficient (Wildman–Crippen LogP) is 2.69. The summed E-state index contributed by atoms with van der Waals surface area (Å²) in [6.45, 7) is 0. The first-order chi connectivity index (χ1) is 7.10. The fourth-order valence-corrected chi connectivity index (χ4v) is 1.39. The minimum Gasteiger partial charge on any atom is -0.505 e. The van der Waals surface area contributed by atoms with Crippen LogP contribution < -0.4 is 0 Å². The van der Waals surface area contributed by atoms with Gasteiger partial charge in [-0.1, -0.05) is 15.9 Å². The highest BCUT2D eigenvalue weighted by Crippen LogP contribution is 2.31. The van der Waals surface area contributed by atoms with Gasteiger partial charge in [-0.2, -0.15) is 5.26 Å².